The Morgan fingerprint density at radius 1 is 1.18 bits per heavy atom. The van der Waals surface area contributed by atoms with E-state index in [0.717, 1.165) is 24.5 Å². The van der Waals surface area contributed by atoms with Crippen molar-refractivity contribution >= 4 is 29.0 Å². The number of carbonyl (C=O) groups excluding carboxylic acids is 1. The van der Waals surface area contributed by atoms with Crippen molar-refractivity contribution in [1.29, 1.82) is 0 Å². The van der Waals surface area contributed by atoms with Gasteiger partial charge in [0.2, 0.25) is 5.91 Å². The molecule has 0 aliphatic carbocycles. The summed E-state index contributed by atoms with van der Waals surface area (Å²) >= 11 is 3.35. The average Bonchev–Trinajstić information content (AvgIpc) is 3.22. The number of ether oxygens (including phenoxy) is 1. The molecule has 0 unspecified atom stereocenters. The minimum Gasteiger partial charge on any atom is -0.494 e. The van der Waals surface area contributed by atoms with E-state index in [9.17, 15) is 4.79 Å². The van der Waals surface area contributed by atoms with Gasteiger partial charge in [0.25, 0.3) is 0 Å². The van der Waals surface area contributed by atoms with Crippen molar-refractivity contribution in [2.24, 2.45) is 0 Å². The van der Waals surface area contributed by atoms with Crippen LogP contribution in [0.3, 0.4) is 0 Å². The van der Waals surface area contributed by atoms with Crippen molar-refractivity contribution in [3.63, 3.8) is 0 Å². The largest absolute Gasteiger partial charge is 0.494 e. The summed E-state index contributed by atoms with van der Waals surface area (Å²) in [6, 6.07) is 10.5. The van der Waals surface area contributed by atoms with Crippen LogP contribution < -0.4 is 10.1 Å². The number of nitrogens with one attached hydrogen (secondary N) is 1. The predicted octanol–water partition coefficient (Wildman–Crippen LogP) is 4.55. The van der Waals surface area contributed by atoms with Crippen molar-refractivity contribution in [2.45, 2.75) is 38.0 Å². The van der Waals surface area contributed by atoms with Crippen molar-refractivity contribution in [1.82, 2.24) is 10.2 Å². The molecule has 2 aromatic rings. The maximum atomic E-state index is 11.9. The number of carbonyl (C=O) groups is 1. The van der Waals surface area contributed by atoms with Gasteiger partial charge in [0, 0.05) is 18.8 Å². The topological polar surface area (TPSA) is 41.6 Å². The van der Waals surface area contributed by atoms with E-state index < -0.39 is 0 Å². The van der Waals surface area contributed by atoms with Gasteiger partial charge in [-0.3, -0.25) is 9.69 Å². The molecule has 4 nitrogen and oxygen atoms in total. The number of benzene rings is 1. The van der Waals surface area contributed by atoms with Gasteiger partial charge in [-0.2, -0.15) is 11.3 Å². The van der Waals surface area contributed by atoms with Crippen LogP contribution in [0.1, 0.15) is 36.8 Å². The van der Waals surface area contributed by atoms with Crippen LogP contribution in [0.25, 0.3) is 0 Å². The van der Waals surface area contributed by atoms with Crippen molar-refractivity contribution in [3.05, 3.63) is 52.2 Å². The van der Waals surface area contributed by atoms with E-state index in [0.29, 0.717) is 18.9 Å². The van der Waals surface area contributed by atoms with E-state index >= 15 is 0 Å². The molecule has 0 radical (unpaired) electrons. The summed E-state index contributed by atoms with van der Waals surface area (Å²) in [4.78, 5) is 14.4. The maximum Gasteiger partial charge on any atom is 0.230 e. The lowest BCUT2D eigenvalue weighted by molar-refractivity contribution is -0.118. The number of rotatable bonds is 11. The fourth-order valence-corrected chi connectivity index (χ4v) is 4.87. The minimum absolute atomic E-state index is 0.101. The first-order valence-corrected chi connectivity index (χ1v) is 12.2. The molecule has 0 saturated carbocycles. The molecule has 1 aliphatic rings. The Kier molecular flexibility index (Phi) is 9.20. The molecule has 6 heteroatoms. The first kappa shape index (κ1) is 21.2. The molecule has 1 aromatic carbocycles. The number of hydrogen-bond donors (Lipinski definition) is 1. The summed E-state index contributed by atoms with van der Waals surface area (Å²) in [5.74, 6) is 2.43. The molecule has 28 heavy (non-hydrogen) atoms. The third-order valence-electron chi connectivity index (χ3n) is 4.75. The molecule has 3 rings (SSSR count). The second-order valence-corrected chi connectivity index (χ2v) is 8.93. The summed E-state index contributed by atoms with van der Waals surface area (Å²) in [5, 5.41) is 7.17. The summed E-state index contributed by atoms with van der Waals surface area (Å²) in [5.41, 5.74) is 2.61. The normalized spacial score (nSPS) is 14.7. The highest BCUT2D eigenvalue weighted by atomic mass is 32.2. The minimum atomic E-state index is 0.101. The molecular weight excluding hydrogens is 388 g/mol. The van der Waals surface area contributed by atoms with Crippen LogP contribution >= 0.6 is 23.1 Å². The van der Waals surface area contributed by atoms with Crippen molar-refractivity contribution < 1.29 is 9.53 Å². The third-order valence-corrected chi connectivity index (χ3v) is 6.48. The Balaban J connectivity index is 1.26. The summed E-state index contributed by atoms with van der Waals surface area (Å²) in [7, 11) is 0. The van der Waals surface area contributed by atoms with Gasteiger partial charge in [0.15, 0.2) is 0 Å². The summed E-state index contributed by atoms with van der Waals surface area (Å²) in [6.45, 7) is 4.70. The number of amides is 1. The Bertz CT molecular complexity index is 700. The van der Waals surface area contributed by atoms with Crippen LogP contribution in [-0.4, -0.2) is 42.8 Å². The lowest BCUT2D eigenvalue weighted by Gasteiger charge is -2.26. The third kappa shape index (κ3) is 7.86. The van der Waals surface area contributed by atoms with Crippen LogP contribution in [0.15, 0.2) is 41.1 Å². The molecule has 1 N–H and O–H groups in total. The van der Waals surface area contributed by atoms with E-state index in [4.69, 9.17) is 4.74 Å². The molecule has 152 valence electrons. The zero-order valence-electron chi connectivity index (χ0n) is 16.4. The highest BCUT2D eigenvalue weighted by Gasteiger charge is 2.10. The second-order valence-electron chi connectivity index (χ2n) is 7.16. The second kappa shape index (κ2) is 12.1. The number of thioether (sulfide) groups is 1. The maximum absolute atomic E-state index is 11.9. The standard InChI is InChI=1S/C22H30N2O2S2/c25-22(18-28-17-20-8-13-27-16-20)23-9-5-12-26-21-7-4-6-19(14-21)15-24-10-2-1-3-11-24/h4,6-8,13-14,16H,1-3,5,9-12,15,17-18H2,(H,23,25). The number of hydrogen-bond acceptors (Lipinski definition) is 5. The van der Waals surface area contributed by atoms with Crippen molar-refractivity contribution in [3.8, 4) is 5.75 Å². The van der Waals surface area contributed by atoms with Gasteiger partial charge >= 0.3 is 0 Å². The highest BCUT2D eigenvalue weighted by Crippen LogP contribution is 2.18. The molecule has 2 heterocycles. The molecule has 1 fully saturated rings. The van der Waals surface area contributed by atoms with Gasteiger partial charge in [0.1, 0.15) is 5.75 Å². The Labute approximate surface area is 176 Å². The summed E-state index contributed by atoms with van der Waals surface area (Å²) < 4.78 is 5.87. The number of likely N-dealkylation sites (tertiary alicyclic amines) is 1. The van der Waals surface area contributed by atoms with E-state index in [1.54, 1.807) is 23.1 Å². The molecule has 1 aromatic heterocycles. The Hall–Kier alpha value is -1.50. The van der Waals surface area contributed by atoms with Crippen LogP contribution in [0.5, 0.6) is 5.75 Å². The SMILES string of the molecule is O=C(CSCc1ccsc1)NCCCOc1cccc(CN2CCCCC2)c1. The van der Waals surface area contributed by atoms with Gasteiger partial charge in [-0.25, -0.2) is 0 Å². The first-order chi connectivity index (χ1) is 13.8. The predicted molar refractivity (Wildman–Crippen MR) is 119 cm³/mol. The van der Waals surface area contributed by atoms with Gasteiger partial charge in [-0.15, -0.1) is 11.8 Å². The molecule has 1 amide bonds. The Morgan fingerprint density at radius 2 is 2.07 bits per heavy atom. The van der Waals surface area contributed by atoms with Gasteiger partial charge < -0.3 is 10.1 Å². The molecule has 1 aliphatic heterocycles. The van der Waals surface area contributed by atoms with Crippen LogP contribution in [-0.2, 0) is 17.1 Å². The molecule has 0 atom stereocenters. The van der Waals surface area contributed by atoms with Crippen LogP contribution in [0.2, 0.25) is 0 Å². The highest BCUT2D eigenvalue weighted by molar-refractivity contribution is 7.99. The first-order valence-electron chi connectivity index (χ1n) is 10.1. The number of piperidine rings is 1. The molecule has 0 spiro atoms. The smallest absolute Gasteiger partial charge is 0.230 e. The van der Waals surface area contributed by atoms with Crippen LogP contribution in [0.4, 0.5) is 0 Å². The zero-order chi connectivity index (χ0) is 19.4. The molecule has 1 saturated heterocycles. The lowest BCUT2D eigenvalue weighted by Crippen LogP contribution is -2.29. The van der Waals surface area contributed by atoms with Gasteiger partial charge in [-0.05, 0) is 72.4 Å². The number of nitrogens with zero attached hydrogens (tertiary/aromatic N) is 1. The quantitative estimate of drug-likeness (QED) is 0.544. The monoisotopic (exact) mass is 418 g/mol. The van der Waals surface area contributed by atoms with E-state index in [1.807, 2.05) is 6.07 Å². The fraction of sp³-hybridized carbons (Fsp3) is 0.500. The van der Waals surface area contributed by atoms with E-state index in [1.165, 1.54) is 43.5 Å². The fourth-order valence-electron chi connectivity index (χ4n) is 3.29. The van der Waals surface area contributed by atoms with Gasteiger partial charge in [-0.1, -0.05) is 18.6 Å². The average molecular weight is 419 g/mol. The van der Waals surface area contributed by atoms with E-state index in [-0.39, 0.29) is 5.91 Å². The van der Waals surface area contributed by atoms with E-state index in [2.05, 4.69) is 45.2 Å². The van der Waals surface area contributed by atoms with Gasteiger partial charge in [0.05, 0.1) is 12.4 Å². The molecular formula is C22H30N2O2S2. The summed E-state index contributed by atoms with van der Waals surface area (Å²) in [6.07, 6.45) is 4.81. The molecule has 0 bridgehead atoms. The zero-order valence-corrected chi connectivity index (χ0v) is 18.0. The van der Waals surface area contributed by atoms with Crippen LogP contribution in [0, 0.1) is 0 Å². The number of thiophene rings is 1. The Morgan fingerprint density at radius 3 is 2.89 bits per heavy atom. The lowest BCUT2D eigenvalue weighted by atomic mass is 10.1. The van der Waals surface area contributed by atoms with Crippen molar-refractivity contribution in [2.75, 3.05) is 32.0 Å².